The molecule has 0 aliphatic rings. The van der Waals surface area contributed by atoms with Crippen molar-refractivity contribution in [1.82, 2.24) is 0 Å². The van der Waals surface area contributed by atoms with Gasteiger partial charge in [-0.25, -0.2) is 4.57 Å². The van der Waals surface area contributed by atoms with E-state index in [1.807, 2.05) is 0 Å². The standard InChI is InChI=1S/C54H98NO7P/c1-3-5-7-9-11-13-15-17-19-21-23-24-25-26-27-28-29-31-33-35-37-39-41-43-45-47-54(56)62-53(52-61-63(57,58)60-50-48-55)51-59-49-46-44-42-40-38-36-34-32-30-22-20-18-16-14-12-10-8-6-4-2/h5,7,11,13,17,19,23-24,26-27,29,31,53H,3-4,6,8-10,12,14-16,18,20-22,25,28,30,32-52,55H2,1-2H3,(H,57,58)/b7-5-,13-11-,19-17-,24-23-,27-26-,31-29-. The maximum Gasteiger partial charge on any atom is 0.472 e. The quantitative estimate of drug-likeness (QED) is 0.0268. The van der Waals surface area contributed by atoms with Gasteiger partial charge in [0.05, 0.1) is 19.8 Å². The smallest absolute Gasteiger partial charge is 0.457 e. The Morgan fingerprint density at radius 2 is 0.889 bits per heavy atom. The van der Waals surface area contributed by atoms with Crippen LogP contribution >= 0.6 is 7.82 Å². The minimum atomic E-state index is -4.29. The predicted molar refractivity (Wildman–Crippen MR) is 270 cm³/mol. The predicted octanol–water partition coefficient (Wildman–Crippen LogP) is 16.3. The van der Waals surface area contributed by atoms with Crippen molar-refractivity contribution < 1.29 is 32.8 Å². The molecule has 0 saturated carbocycles. The molecule has 0 spiro atoms. The third kappa shape index (κ3) is 50.8. The van der Waals surface area contributed by atoms with Crippen molar-refractivity contribution in [2.24, 2.45) is 5.73 Å². The molecule has 0 amide bonds. The molecule has 0 aliphatic carbocycles. The Balaban J connectivity index is 3.99. The van der Waals surface area contributed by atoms with Gasteiger partial charge in [-0.3, -0.25) is 13.8 Å². The molecule has 0 saturated heterocycles. The number of esters is 1. The van der Waals surface area contributed by atoms with Gasteiger partial charge in [-0.1, -0.05) is 228 Å². The number of rotatable bonds is 49. The molecule has 0 aliphatic heterocycles. The number of nitrogens with two attached hydrogens (primary N) is 1. The van der Waals surface area contributed by atoms with Crippen molar-refractivity contribution in [2.75, 3.05) is 33.0 Å². The van der Waals surface area contributed by atoms with Gasteiger partial charge in [0.25, 0.3) is 0 Å². The van der Waals surface area contributed by atoms with Crippen LogP contribution in [0.3, 0.4) is 0 Å². The van der Waals surface area contributed by atoms with Gasteiger partial charge in [-0.15, -0.1) is 0 Å². The average molecular weight is 904 g/mol. The SMILES string of the molecule is CC/C=C\C/C=C\C/C=C\C/C=C\C/C=C\C/C=C\CCCCCCCCC(=O)OC(COCCCCCCCCCCCCCCCCCCCCC)COP(=O)(O)OCCN. The molecule has 0 aromatic heterocycles. The number of carbonyl (C=O) groups is 1. The molecule has 8 nitrogen and oxygen atoms in total. The van der Waals surface area contributed by atoms with Gasteiger partial charge >= 0.3 is 13.8 Å². The van der Waals surface area contributed by atoms with Crippen molar-refractivity contribution in [3.8, 4) is 0 Å². The normalized spacial score (nSPS) is 13.9. The topological polar surface area (TPSA) is 117 Å². The Bertz CT molecular complexity index is 1200. The second-order valence-electron chi connectivity index (χ2n) is 17.0. The number of phosphoric acid groups is 1. The summed E-state index contributed by atoms with van der Waals surface area (Å²) >= 11 is 0. The van der Waals surface area contributed by atoms with Gasteiger partial charge in [-0.2, -0.15) is 0 Å². The van der Waals surface area contributed by atoms with E-state index >= 15 is 0 Å². The van der Waals surface area contributed by atoms with Gasteiger partial charge in [0.1, 0.15) is 6.10 Å². The van der Waals surface area contributed by atoms with Crippen LogP contribution in [0.25, 0.3) is 0 Å². The third-order valence-corrected chi connectivity index (χ3v) is 11.9. The van der Waals surface area contributed by atoms with E-state index in [0.29, 0.717) is 13.0 Å². The van der Waals surface area contributed by atoms with Crippen LogP contribution in [-0.2, 0) is 27.9 Å². The number of ether oxygens (including phenoxy) is 2. The zero-order valence-electron chi connectivity index (χ0n) is 40.8. The van der Waals surface area contributed by atoms with Crippen LogP contribution in [0.5, 0.6) is 0 Å². The van der Waals surface area contributed by atoms with Crippen LogP contribution in [0.4, 0.5) is 0 Å². The van der Waals surface area contributed by atoms with Gasteiger partial charge in [0.2, 0.25) is 0 Å². The minimum absolute atomic E-state index is 0.0956. The molecule has 0 bridgehead atoms. The zero-order chi connectivity index (χ0) is 45.8. The molecule has 63 heavy (non-hydrogen) atoms. The summed E-state index contributed by atoms with van der Waals surface area (Å²) in [5.74, 6) is -0.344. The molecule has 9 heteroatoms. The molecule has 2 unspecified atom stereocenters. The Kier molecular flexibility index (Phi) is 49.3. The van der Waals surface area contributed by atoms with Crippen molar-refractivity contribution in [2.45, 2.75) is 232 Å². The first-order valence-corrected chi connectivity index (χ1v) is 27.4. The number of phosphoric ester groups is 1. The highest BCUT2D eigenvalue weighted by molar-refractivity contribution is 7.47. The van der Waals surface area contributed by atoms with Gasteiger partial charge < -0.3 is 20.1 Å². The fraction of sp³-hybridized carbons (Fsp3) is 0.759. The van der Waals surface area contributed by atoms with E-state index < -0.39 is 13.9 Å². The molecular formula is C54H98NO7P. The van der Waals surface area contributed by atoms with Crippen LogP contribution in [0.15, 0.2) is 72.9 Å². The van der Waals surface area contributed by atoms with Gasteiger partial charge in [0.15, 0.2) is 0 Å². The monoisotopic (exact) mass is 904 g/mol. The number of carbonyl (C=O) groups excluding carboxylic acids is 1. The first-order valence-electron chi connectivity index (χ1n) is 25.9. The Morgan fingerprint density at radius 3 is 1.33 bits per heavy atom. The summed E-state index contributed by atoms with van der Waals surface area (Å²) in [5.41, 5.74) is 5.39. The molecule has 2 atom stereocenters. The highest BCUT2D eigenvalue weighted by Gasteiger charge is 2.25. The van der Waals surface area contributed by atoms with E-state index in [1.165, 1.54) is 122 Å². The lowest BCUT2D eigenvalue weighted by molar-refractivity contribution is -0.154. The molecule has 3 N–H and O–H groups in total. The molecule has 0 radical (unpaired) electrons. The molecular weight excluding hydrogens is 806 g/mol. The van der Waals surface area contributed by atoms with Gasteiger partial charge in [-0.05, 0) is 64.2 Å². The summed E-state index contributed by atoms with van der Waals surface area (Å²) in [4.78, 5) is 22.6. The Labute approximate surface area is 388 Å². The van der Waals surface area contributed by atoms with Crippen LogP contribution < -0.4 is 5.73 Å². The summed E-state index contributed by atoms with van der Waals surface area (Å²) < 4.78 is 33.6. The first kappa shape index (κ1) is 60.9. The van der Waals surface area contributed by atoms with E-state index in [0.717, 1.165) is 83.5 Å². The first-order chi connectivity index (χ1) is 30.9. The largest absolute Gasteiger partial charge is 0.472 e. The molecule has 0 rings (SSSR count). The number of unbranched alkanes of at least 4 members (excludes halogenated alkanes) is 24. The summed E-state index contributed by atoms with van der Waals surface area (Å²) in [6, 6.07) is 0. The van der Waals surface area contributed by atoms with E-state index in [1.54, 1.807) is 0 Å². The maximum atomic E-state index is 12.7. The fourth-order valence-corrected chi connectivity index (χ4v) is 7.88. The fourth-order valence-electron chi connectivity index (χ4n) is 7.12. The third-order valence-electron chi connectivity index (χ3n) is 10.9. The zero-order valence-corrected chi connectivity index (χ0v) is 41.7. The second-order valence-corrected chi connectivity index (χ2v) is 18.5. The van der Waals surface area contributed by atoms with E-state index in [2.05, 4.69) is 86.8 Å². The number of allylic oxidation sites excluding steroid dienone is 12. The highest BCUT2D eigenvalue weighted by Crippen LogP contribution is 2.43. The van der Waals surface area contributed by atoms with E-state index in [4.69, 9.17) is 24.3 Å². The Hall–Kier alpha value is -2.06. The number of hydrogen-bond acceptors (Lipinski definition) is 7. The van der Waals surface area contributed by atoms with E-state index in [-0.39, 0.29) is 32.3 Å². The van der Waals surface area contributed by atoms with Crippen molar-refractivity contribution in [1.29, 1.82) is 0 Å². The molecule has 0 aromatic rings. The molecule has 366 valence electrons. The minimum Gasteiger partial charge on any atom is -0.457 e. The lowest BCUT2D eigenvalue weighted by atomic mass is 10.0. The molecule has 0 fully saturated rings. The van der Waals surface area contributed by atoms with Crippen LogP contribution in [0, 0.1) is 0 Å². The lowest BCUT2D eigenvalue weighted by Crippen LogP contribution is -2.28. The van der Waals surface area contributed by atoms with Crippen molar-refractivity contribution in [3.05, 3.63) is 72.9 Å². The van der Waals surface area contributed by atoms with Crippen molar-refractivity contribution >= 4 is 13.8 Å². The van der Waals surface area contributed by atoms with Crippen molar-refractivity contribution in [3.63, 3.8) is 0 Å². The molecule has 0 heterocycles. The second kappa shape index (κ2) is 50.9. The maximum absolute atomic E-state index is 12.7. The van der Waals surface area contributed by atoms with Crippen LogP contribution in [0.1, 0.15) is 226 Å². The highest BCUT2D eigenvalue weighted by atomic mass is 31.2. The lowest BCUT2D eigenvalue weighted by Gasteiger charge is -2.20. The summed E-state index contributed by atoms with van der Waals surface area (Å²) in [6.07, 6.45) is 65.0. The van der Waals surface area contributed by atoms with E-state index in [9.17, 15) is 14.3 Å². The Morgan fingerprint density at radius 1 is 0.492 bits per heavy atom. The molecule has 0 aromatic carbocycles. The summed E-state index contributed by atoms with van der Waals surface area (Å²) in [7, 11) is -4.29. The summed E-state index contributed by atoms with van der Waals surface area (Å²) in [5, 5.41) is 0. The van der Waals surface area contributed by atoms with Crippen LogP contribution in [-0.4, -0.2) is 49.9 Å². The number of hydrogen-bond donors (Lipinski definition) is 2. The average Bonchev–Trinajstić information content (AvgIpc) is 3.28. The summed E-state index contributed by atoms with van der Waals surface area (Å²) in [6.45, 7) is 4.81. The van der Waals surface area contributed by atoms with Gasteiger partial charge in [0, 0.05) is 19.6 Å². The van der Waals surface area contributed by atoms with Crippen LogP contribution in [0.2, 0.25) is 0 Å².